The van der Waals surface area contributed by atoms with E-state index >= 15 is 0 Å². The van der Waals surface area contributed by atoms with Crippen molar-refractivity contribution in [3.63, 3.8) is 0 Å². The van der Waals surface area contributed by atoms with E-state index in [0.29, 0.717) is 17.3 Å². The van der Waals surface area contributed by atoms with E-state index in [1.54, 1.807) is 31.6 Å². The summed E-state index contributed by atoms with van der Waals surface area (Å²) < 4.78 is 1.42. The molecule has 0 saturated heterocycles. The van der Waals surface area contributed by atoms with Crippen molar-refractivity contribution in [3.8, 4) is 11.3 Å². The molecule has 3 N–H and O–H groups in total. The van der Waals surface area contributed by atoms with Gasteiger partial charge in [0.15, 0.2) is 5.69 Å². The van der Waals surface area contributed by atoms with E-state index in [1.165, 1.54) is 23.7 Å². The van der Waals surface area contributed by atoms with E-state index in [0.717, 1.165) is 11.4 Å². The number of anilines is 2. The minimum absolute atomic E-state index is 0.0111. The van der Waals surface area contributed by atoms with Crippen molar-refractivity contribution < 1.29 is 9.59 Å². The van der Waals surface area contributed by atoms with E-state index in [4.69, 9.17) is 5.73 Å². The fourth-order valence-corrected chi connectivity index (χ4v) is 3.11. The van der Waals surface area contributed by atoms with Crippen LogP contribution in [-0.4, -0.2) is 44.7 Å². The number of nitrogens with zero attached hydrogens (tertiary/aromatic N) is 5. The van der Waals surface area contributed by atoms with Gasteiger partial charge in [-0.05, 0) is 37.1 Å². The fraction of sp³-hybridized carbons (Fsp3) is 0.250. The Morgan fingerprint density at radius 1 is 1.21 bits per heavy atom. The summed E-state index contributed by atoms with van der Waals surface area (Å²) in [6.07, 6.45) is 7.21. The molecule has 0 aromatic carbocycles. The predicted octanol–water partition coefficient (Wildman–Crippen LogP) is 1.83. The summed E-state index contributed by atoms with van der Waals surface area (Å²) in [6, 6.07) is 7.68. The van der Waals surface area contributed by atoms with Gasteiger partial charge < -0.3 is 16.0 Å². The Labute approximate surface area is 167 Å². The Balaban J connectivity index is 1.58. The lowest BCUT2D eigenvalue weighted by molar-refractivity contribution is 0.0995. The second-order valence-corrected chi connectivity index (χ2v) is 7.06. The first-order valence-corrected chi connectivity index (χ1v) is 9.22. The second kappa shape index (κ2) is 7.34. The number of carbonyl (C=O) groups is 2. The van der Waals surface area contributed by atoms with Gasteiger partial charge in [0.05, 0.1) is 11.4 Å². The minimum atomic E-state index is -0.708. The van der Waals surface area contributed by atoms with Gasteiger partial charge in [-0.3, -0.25) is 19.3 Å². The molecule has 0 radical (unpaired) electrons. The first kappa shape index (κ1) is 18.6. The van der Waals surface area contributed by atoms with Crippen LogP contribution in [0.2, 0.25) is 0 Å². The maximum Gasteiger partial charge on any atom is 0.271 e. The van der Waals surface area contributed by atoms with E-state index in [9.17, 15) is 9.59 Å². The molecular formula is C20H21N7O2. The second-order valence-electron chi connectivity index (χ2n) is 7.06. The summed E-state index contributed by atoms with van der Waals surface area (Å²) in [5.74, 6) is -0.211. The van der Waals surface area contributed by atoms with Crippen LogP contribution in [0.1, 0.15) is 33.7 Å². The molecule has 9 heteroatoms. The fourth-order valence-electron chi connectivity index (χ4n) is 3.11. The van der Waals surface area contributed by atoms with E-state index in [-0.39, 0.29) is 17.3 Å². The lowest BCUT2D eigenvalue weighted by Gasteiger charge is -2.17. The van der Waals surface area contributed by atoms with Crippen molar-refractivity contribution in [2.75, 3.05) is 17.3 Å². The van der Waals surface area contributed by atoms with Crippen molar-refractivity contribution in [1.29, 1.82) is 0 Å². The van der Waals surface area contributed by atoms with Crippen molar-refractivity contribution in [1.82, 2.24) is 19.7 Å². The maximum absolute atomic E-state index is 12.7. The smallest absolute Gasteiger partial charge is 0.271 e. The number of rotatable bonds is 6. The highest BCUT2D eigenvalue weighted by atomic mass is 16.2. The quantitative estimate of drug-likeness (QED) is 0.662. The van der Waals surface area contributed by atoms with Crippen molar-refractivity contribution >= 4 is 23.3 Å². The molecule has 3 aromatic heterocycles. The molecule has 0 atom stereocenters. The van der Waals surface area contributed by atoms with Crippen LogP contribution in [0.25, 0.3) is 11.3 Å². The summed E-state index contributed by atoms with van der Waals surface area (Å²) in [4.78, 5) is 35.2. The lowest BCUT2D eigenvalue weighted by atomic mass is 10.1. The van der Waals surface area contributed by atoms with Crippen molar-refractivity contribution in [2.24, 2.45) is 12.8 Å². The summed E-state index contributed by atoms with van der Waals surface area (Å²) >= 11 is 0. The molecule has 1 fully saturated rings. The monoisotopic (exact) mass is 391 g/mol. The van der Waals surface area contributed by atoms with Gasteiger partial charge in [0.25, 0.3) is 11.8 Å². The predicted molar refractivity (Wildman–Crippen MR) is 109 cm³/mol. The van der Waals surface area contributed by atoms with Gasteiger partial charge >= 0.3 is 0 Å². The van der Waals surface area contributed by atoms with Crippen LogP contribution in [0.5, 0.6) is 0 Å². The molecule has 1 aliphatic carbocycles. The zero-order valence-corrected chi connectivity index (χ0v) is 16.2. The van der Waals surface area contributed by atoms with Crippen LogP contribution in [0.3, 0.4) is 0 Å². The number of carbonyl (C=O) groups excluding carboxylic acids is 2. The van der Waals surface area contributed by atoms with Gasteiger partial charge in [0, 0.05) is 49.9 Å². The van der Waals surface area contributed by atoms with Gasteiger partial charge in [0.1, 0.15) is 5.82 Å². The molecule has 0 bridgehead atoms. The number of aromatic nitrogens is 4. The number of amides is 2. The third-order valence-corrected chi connectivity index (χ3v) is 4.83. The Morgan fingerprint density at radius 3 is 2.69 bits per heavy atom. The Morgan fingerprint density at radius 2 is 1.97 bits per heavy atom. The van der Waals surface area contributed by atoms with Crippen LogP contribution in [0, 0.1) is 0 Å². The number of primary amides is 1. The molecule has 1 saturated carbocycles. The summed E-state index contributed by atoms with van der Waals surface area (Å²) in [5, 5.41) is 6.66. The third kappa shape index (κ3) is 3.93. The third-order valence-electron chi connectivity index (χ3n) is 4.83. The van der Waals surface area contributed by atoms with Crippen LogP contribution in [0.15, 0.2) is 42.9 Å². The molecule has 2 amide bonds. The zero-order chi connectivity index (χ0) is 20.5. The molecule has 9 nitrogen and oxygen atoms in total. The first-order valence-electron chi connectivity index (χ1n) is 9.22. The molecule has 29 heavy (non-hydrogen) atoms. The lowest BCUT2D eigenvalue weighted by Crippen LogP contribution is -2.20. The largest absolute Gasteiger partial charge is 0.364 e. The summed E-state index contributed by atoms with van der Waals surface area (Å²) in [6.45, 7) is 0. The zero-order valence-electron chi connectivity index (χ0n) is 16.2. The van der Waals surface area contributed by atoms with Crippen molar-refractivity contribution in [2.45, 2.75) is 18.9 Å². The highest BCUT2D eigenvalue weighted by molar-refractivity contribution is 6.08. The molecule has 0 aliphatic heterocycles. The number of pyridine rings is 2. The van der Waals surface area contributed by atoms with Gasteiger partial charge in [-0.15, -0.1) is 0 Å². The van der Waals surface area contributed by atoms with E-state index < -0.39 is 5.91 Å². The molecule has 1 aliphatic rings. The minimum Gasteiger partial charge on any atom is -0.364 e. The van der Waals surface area contributed by atoms with Gasteiger partial charge in [-0.2, -0.15) is 5.10 Å². The molecular weight excluding hydrogens is 370 g/mol. The van der Waals surface area contributed by atoms with Crippen molar-refractivity contribution in [3.05, 3.63) is 54.1 Å². The molecule has 3 heterocycles. The van der Waals surface area contributed by atoms with Crippen LogP contribution >= 0.6 is 0 Å². The van der Waals surface area contributed by atoms with Gasteiger partial charge in [0.2, 0.25) is 0 Å². The topological polar surface area (TPSA) is 119 Å². The summed E-state index contributed by atoms with van der Waals surface area (Å²) in [7, 11) is 3.68. The molecule has 0 spiro atoms. The number of hydrogen-bond donors (Lipinski definition) is 2. The van der Waals surface area contributed by atoms with E-state index in [1.807, 2.05) is 19.2 Å². The number of aryl methyl sites for hydroxylation is 1. The SMILES string of the molecule is CN(c1cc(-c2cc(C(=O)Nc3cn(C)nc3C(N)=O)ccn2)ccn1)C1CC1. The average molecular weight is 391 g/mol. The Hall–Kier alpha value is -3.75. The molecule has 148 valence electrons. The Kier molecular flexibility index (Phi) is 4.71. The number of nitrogens with one attached hydrogen (secondary N) is 1. The molecule has 0 unspecified atom stereocenters. The van der Waals surface area contributed by atoms with E-state index in [2.05, 4.69) is 25.3 Å². The highest BCUT2D eigenvalue weighted by Gasteiger charge is 2.27. The standard InChI is InChI=1S/C20H21N7O2/c1-26-11-16(18(25-26)19(21)28)24-20(29)13-6-7-22-15(9-13)12-5-8-23-17(10-12)27(2)14-3-4-14/h5-11,14H,3-4H2,1-2H3,(H2,21,28)(H,24,29). The summed E-state index contributed by atoms with van der Waals surface area (Å²) in [5.41, 5.74) is 7.53. The highest BCUT2D eigenvalue weighted by Crippen LogP contribution is 2.30. The van der Waals surface area contributed by atoms with Crippen LogP contribution in [0.4, 0.5) is 11.5 Å². The number of nitrogens with two attached hydrogens (primary N) is 1. The normalized spacial score (nSPS) is 13.2. The van der Waals surface area contributed by atoms with Gasteiger partial charge in [-0.1, -0.05) is 0 Å². The molecule has 3 aromatic rings. The Bertz CT molecular complexity index is 1090. The molecule has 4 rings (SSSR count). The van der Waals surface area contributed by atoms with Crippen LogP contribution in [-0.2, 0) is 7.05 Å². The number of hydrogen-bond acceptors (Lipinski definition) is 6. The van der Waals surface area contributed by atoms with Crippen LogP contribution < -0.4 is 16.0 Å². The first-order chi connectivity index (χ1) is 13.9. The van der Waals surface area contributed by atoms with Gasteiger partial charge in [-0.25, -0.2) is 4.98 Å². The maximum atomic E-state index is 12.7. The average Bonchev–Trinajstić information content (AvgIpc) is 3.50.